The van der Waals surface area contributed by atoms with Crippen molar-refractivity contribution >= 4 is 27.7 Å². The maximum Gasteiger partial charge on any atom is 0.255 e. The molecule has 3 rings (SSSR count). The van der Waals surface area contributed by atoms with Gasteiger partial charge < -0.3 is 14.5 Å². The van der Waals surface area contributed by atoms with Gasteiger partial charge in [-0.25, -0.2) is 0 Å². The van der Waals surface area contributed by atoms with Crippen molar-refractivity contribution in [2.75, 3.05) is 32.8 Å². The van der Waals surface area contributed by atoms with Crippen molar-refractivity contribution in [2.45, 2.75) is 18.9 Å². The summed E-state index contributed by atoms with van der Waals surface area (Å²) in [6.45, 7) is 2.97. The highest BCUT2D eigenvalue weighted by Crippen LogP contribution is 2.20. The number of hydrogen-bond acceptors (Lipinski definition) is 3. The van der Waals surface area contributed by atoms with Crippen molar-refractivity contribution in [2.24, 2.45) is 0 Å². The van der Waals surface area contributed by atoms with Crippen LogP contribution in [0.5, 0.6) is 0 Å². The summed E-state index contributed by atoms with van der Waals surface area (Å²) < 4.78 is 6.25. The SMILES string of the molecule is O=C(c1ccccc1Br)N1CCN(C(=O)[C@@H]2CCCO2)CC1. The Bertz CT molecular complexity index is 564. The third-order valence-corrected chi connectivity index (χ3v) is 4.88. The molecule has 118 valence electrons. The van der Waals surface area contributed by atoms with E-state index in [-0.39, 0.29) is 17.9 Å². The van der Waals surface area contributed by atoms with Gasteiger partial charge in [0, 0.05) is 37.3 Å². The lowest BCUT2D eigenvalue weighted by atomic mass is 10.1. The second-order valence-corrected chi connectivity index (χ2v) is 6.45. The van der Waals surface area contributed by atoms with Crippen LogP contribution in [0, 0.1) is 0 Å². The van der Waals surface area contributed by atoms with Gasteiger partial charge >= 0.3 is 0 Å². The molecule has 1 atom stereocenters. The molecule has 6 heteroatoms. The van der Waals surface area contributed by atoms with Crippen LogP contribution in [0.2, 0.25) is 0 Å². The molecule has 2 amide bonds. The standard InChI is InChI=1S/C16H19BrN2O3/c17-13-5-2-1-4-12(13)15(20)18-7-9-19(10-8-18)16(21)14-6-3-11-22-14/h1-2,4-5,14H,3,6-11H2/t14-/m0/s1. The summed E-state index contributed by atoms with van der Waals surface area (Å²) in [5.41, 5.74) is 0.668. The molecule has 2 aliphatic rings. The Labute approximate surface area is 138 Å². The smallest absolute Gasteiger partial charge is 0.255 e. The highest BCUT2D eigenvalue weighted by molar-refractivity contribution is 9.10. The van der Waals surface area contributed by atoms with E-state index in [1.54, 1.807) is 4.90 Å². The number of carbonyl (C=O) groups excluding carboxylic acids is 2. The highest BCUT2D eigenvalue weighted by atomic mass is 79.9. The van der Waals surface area contributed by atoms with Crippen LogP contribution in [-0.2, 0) is 9.53 Å². The van der Waals surface area contributed by atoms with Gasteiger partial charge in [-0.1, -0.05) is 12.1 Å². The quantitative estimate of drug-likeness (QED) is 0.803. The average Bonchev–Trinajstić information content (AvgIpc) is 3.09. The van der Waals surface area contributed by atoms with Crippen molar-refractivity contribution in [3.05, 3.63) is 34.3 Å². The van der Waals surface area contributed by atoms with Gasteiger partial charge in [-0.05, 0) is 40.9 Å². The molecule has 0 radical (unpaired) electrons. The zero-order chi connectivity index (χ0) is 15.5. The first-order chi connectivity index (χ1) is 10.7. The Hall–Kier alpha value is -1.40. The fraction of sp³-hybridized carbons (Fsp3) is 0.500. The van der Waals surface area contributed by atoms with E-state index >= 15 is 0 Å². The topological polar surface area (TPSA) is 49.9 Å². The van der Waals surface area contributed by atoms with Gasteiger partial charge in [-0.2, -0.15) is 0 Å². The number of amides is 2. The predicted molar refractivity (Wildman–Crippen MR) is 85.6 cm³/mol. The maximum atomic E-state index is 12.5. The molecule has 1 aromatic rings. The van der Waals surface area contributed by atoms with Crippen LogP contribution in [0.1, 0.15) is 23.2 Å². The number of benzene rings is 1. The third kappa shape index (κ3) is 3.17. The molecule has 0 aromatic heterocycles. The van der Waals surface area contributed by atoms with Crippen LogP contribution in [0.4, 0.5) is 0 Å². The lowest BCUT2D eigenvalue weighted by molar-refractivity contribution is -0.142. The van der Waals surface area contributed by atoms with Gasteiger partial charge in [-0.15, -0.1) is 0 Å². The number of ether oxygens (including phenoxy) is 1. The first-order valence-electron chi connectivity index (χ1n) is 7.61. The minimum atomic E-state index is -0.273. The Morgan fingerprint density at radius 2 is 1.77 bits per heavy atom. The summed E-state index contributed by atoms with van der Waals surface area (Å²) in [4.78, 5) is 28.4. The summed E-state index contributed by atoms with van der Waals surface area (Å²) >= 11 is 3.41. The van der Waals surface area contributed by atoms with Crippen LogP contribution < -0.4 is 0 Å². The molecule has 5 nitrogen and oxygen atoms in total. The Balaban J connectivity index is 1.58. The second kappa shape index (κ2) is 6.79. The van der Waals surface area contributed by atoms with E-state index in [0.29, 0.717) is 38.3 Å². The van der Waals surface area contributed by atoms with E-state index in [0.717, 1.165) is 17.3 Å². The minimum Gasteiger partial charge on any atom is -0.368 e. The van der Waals surface area contributed by atoms with Gasteiger partial charge in [-0.3, -0.25) is 9.59 Å². The summed E-state index contributed by atoms with van der Waals surface area (Å²) in [5.74, 6) is 0.0854. The lowest BCUT2D eigenvalue weighted by Crippen LogP contribution is -2.52. The largest absolute Gasteiger partial charge is 0.368 e. The van der Waals surface area contributed by atoms with Crippen LogP contribution in [0.15, 0.2) is 28.7 Å². The molecular formula is C16H19BrN2O3. The molecule has 0 saturated carbocycles. The normalized spacial score (nSPS) is 22.0. The number of halogens is 1. The van der Waals surface area contributed by atoms with Crippen molar-refractivity contribution in [1.82, 2.24) is 9.80 Å². The monoisotopic (exact) mass is 366 g/mol. The fourth-order valence-electron chi connectivity index (χ4n) is 2.91. The van der Waals surface area contributed by atoms with Crippen LogP contribution in [0.25, 0.3) is 0 Å². The Kier molecular flexibility index (Phi) is 4.78. The number of hydrogen-bond donors (Lipinski definition) is 0. The molecule has 2 aliphatic heterocycles. The van der Waals surface area contributed by atoms with Gasteiger partial charge in [0.25, 0.3) is 11.8 Å². The highest BCUT2D eigenvalue weighted by Gasteiger charge is 2.31. The Morgan fingerprint density at radius 1 is 1.09 bits per heavy atom. The molecule has 0 aliphatic carbocycles. The van der Waals surface area contributed by atoms with Gasteiger partial charge in [0.1, 0.15) is 6.10 Å². The molecule has 22 heavy (non-hydrogen) atoms. The zero-order valence-electron chi connectivity index (χ0n) is 12.3. The molecule has 1 aromatic carbocycles. The molecule has 0 bridgehead atoms. The third-order valence-electron chi connectivity index (χ3n) is 4.19. The molecule has 0 spiro atoms. The number of piperazine rings is 1. The van der Waals surface area contributed by atoms with E-state index < -0.39 is 0 Å². The first-order valence-corrected chi connectivity index (χ1v) is 8.40. The molecule has 2 saturated heterocycles. The maximum absolute atomic E-state index is 12.5. The fourth-order valence-corrected chi connectivity index (χ4v) is 3.37. The van der Waals surface area contributed by atoms with E-state index in [4.69, 9.17) is 4.74 Å². The van der Waals surface area contributed by atoms with E-state index in [2.05, 4.69) is 15.9 Å². The van der Waals surface area contributed by atoms with Crippen LogP contribution >= 0.6 is 15.9 Å². The van der Waals surface area contributed by atoms with Crippen molar-refractivity contribution in [3.8, 4) is 0 Å². The van der Waals surface area contributed by atoms with Crippen LogP contribution in [-0.4, -0.2) is 60.5 Å². The van der Waals surface area contributed by atoms with Gasteiger partial charge in [0.05, 0.1) is 5.56 Å². The number of carbonyl (C=O) groups is 2. The number of nitrogens with zero attached hydrogens (tertiary/aromatic N) is 2. The summed E-state index contributed by atoms with van der Waals surface area (Å²) in [7, 11) is 0. The van der Waals surface area contributed by atoms with Crippen LogP contribution in [0.3, 0.4) is 0 Å². The minimum absolute atomic E-state index is 0.0108. The molecule has 2 fully saturated rings. The average molecular weight is 367 g/mol. The molecule has 0 unspecified atom stereocenters. The zero-order valence-corrected chi connectivity index (χ0v) is 13.9. The van der Waals surface area contributed by atoms with E-state index in [1.165, 1.54) is 0 Å². The second-order valence-electron chi connectivity index (χ2n) is 5.60. The van der Waals surface area contributed by atoms with E-state index in [1.807, 2.05) is 29.2 Å². The molecular weight excluding hydrogens is 348 g/mol. The molecule has 0 N–H and O–H groups in total. The van der Waals surface area contributed by atoms with Crippen molar-refractivity contribution < 1.29 is 14.3 Å². The predicted octanol–water partition coefficient (Wildman–Crippen LogP) is 1.91. The van der Waals surface area contributed by atoms with Gasteiger partial charge in [0.2, 0.25) is 0 Å². The summed E-state index contributed by atoms with van der Waals surface area (Å²) in [6.07, 6.45) is 1.50. The molecule has 2 heterocycles. The first kappa shape index (κ1) is 15.5. The Morgan fingerprint density at radius 3 is 2.41 bits per heavy atom. The van der Waals surface area contributed by atoms with Crippen molar-refractivity contribution in [3.63, 3.8) is 0 Å². The summed E-state index contributed by atoms with van der Waals surface area (Å²) in [6, 6.07) is 7.43. The summed E-state index contributed by atoms with van der Waals surface area (Å²) in [5, 5.41) is 0. The number of rotatable bonds is 2. The van der Waals surface area contributed by atoms with E-state index in [9.17, 15) is 9.59 Å². The lowest BCUT2D eigenvalue weighted by Gasteiger charge is -2.35. The van der Waals surface area contributed by atoms with Gasteiger partial charge in [0.15, 0.2) is 0 Å². The van der Waals surface area contributed by atoms with Crippen molar-refractivity contribution in [1.29, 1.82) is 0 Å².